The fourth-order valence-electron chi connectivity index (χ4n) is 1.50. The zero-order valence-corrected chi connectivity index (χ0v) is 9.82. The predicted molar refractivity (Wildman–Crippen MR) is 63.7 cm³/mol. The maximum Gasteiger partial charge on any atom is 0.183 e. The Morgan fingerprint density at radius 1 is 1.41 bits per heavy atom. The third-order valence-electron chi connectivity index (χ3n) is 2.21. The smallest absolute Gasteiger partial charge is 0.183 e. The summed E-state index contributed by atoms with van der Waals surface area (Å²) in [4.78, 5) is 15.7. The van der Waals surface area contributed by atoms with E-state index in [9.17, 15) is 0 Å². The lowest BCUT2D eigenvalue weighted by molar-refractivity contribution is 0.976. The summed E-state index contributed by atoms with van der Waals surface area (Å²) in [7, 11) is 0. The monoisotopic (exact) mass is 247 g/mol. The highest BCUT2D eigenvalue weighted by molar-refractivity contribution is 7.09. The minimum Gasteiger partial charge on any atom is -0.362 e. The third kappa shape index (κ3) is 1.94. The third-order valence-corrected chi connectivity index (χ3v) is 2.91. The van der Waals surface area contributed by atoms with Crippen molar-refractivity contribution in [2.24, 2.45) is 0 Å². The van der Waals surface area contributed by atoms with Crippen molar-refractivity contribution in [1.82, 2.24) is 30.1 Å². The van der Waals surface area contributed by atoms with Crippen molar-refractivity contribution in [2.45, 2.75) is 13.5 Å². The van der Waals surface area contributed by atoms with E-state index in [-0.39, 0.29) is 0 Å². The highest BCUT2D eigenvalue weighted by Gasteiger charge is 2.08. The minimum atomic E-state index is 0.593. The molecule has 3 aromatic rings. The first-order valence-electron chi connectivity index (χ1n) is 4.99. The largest absolute Gasteiger partial charge is 0.362 e. The first kappa shape index (κ1) is 10.1. The molecule has 0 saturated carbocycles. The highest BCUT2D eigenvalue weighted by atomic mass is 32.1. The maximum atomic E-state index is 4.34. The average molecular weight is 247 g/mol. The summed E-state index contributed by atoms with van der Waals surface area (Å²) in [6.45, 7) is 2.43. The molecule has 0 aliphatic heterocycles. The second-order valence-corrected chi connectivity index (χ2v) is 4.32. The summed E-state index contributed by atoms with van der Waals surface area (Å²) < 4.78 is 0. The highest BCUT2D eigenvalue weighted by Crippen LogP contribution is 2.17. The number of imidazole rings is 1. The zero-order valence-electron chi connectivity index (χ0n) is 9.01. The van der Waals surface area contributed by atoms with Gasteiger partial charge >= 0.3 is 0 Å². The van der Waals surface area contributed by atoms with E-state index in [1.807, 2.05) is 6.92 Å². The normalized spacial score (nSPS) is 10.9. The fourth-order valence-corrected chi connectivity index (χ4v) is 1.97. The van der Waals surface area contributed by atoms with Gasteiger partial charge in [0, 0.05) is 0 Å². The van der Waals surface area contributed by atoms with Crippen LogP contribution in [0, 0.1) is 6.92 Å². The fraction of sp³-hybridized carbons (Fsp3) is 0.222. The molecular weight excluding hydrogens is 238 g/mol. The molecule has 0 aliphatic rings. The molecule has 7 nitrogen and oxygen atoms in total. The van der Waals surface area contributed by atoms with Crippen LogP contribution in [0.1, 0.15) is 10.8 Å². The number of aromatic nitrogens is 6. The molecule has 2 N–H and O–H groups in total. The number of hydrogen-bond acceptors (Lipinski definition) is 7. The van der Waals surface area contributed by atoms with Gasteiger partial charge < -0.3 is 10.3 Å². The predicted octanol–water partition coefficient (Wildman–Crippen LogP) is 1.12. The Balaban J connectivity index is 1.91. The summed E-state index contributed by atoms with van der Waals surface area (Å²) in [6, 6.07) is 0. The Morgan fingerprint density at radius 3 is 3.18 bits per heavy atom. The maximum absolute atomic E-state index is 4.34. The van der Waals surface area contributed by atoms with Gasteiger partial charge in [-0.05, 0) is 6.92 Å². The van der Waals surface area contributed by atoms with Crippen LogP contribution in [-0.2, 0) is 6.54 Å². The molecule has 0 atom stereocenters. The number of hydrogen-bond donors (Lipinski definition) is 2. The second kappa shape index (κ2) is 4.06. The van der Waals surface area contributed by atoms with Crippen molar-refractivity contribution in [3.63, 3.8) is 0 Å². The number of aryl methyl sites for hydroxylation is 1. The van der Waals surface area contributed by atoms with Gasteiger partial charge in [-0.3, -0.25) is 0 Å². The number of nitrogens with one attached hydrogen (secondary N) is 2. The number of fused-ring (bicyclic) bond motifs is 1. The van der Waals surface area contributed by atoms with Crippen LogP contribution in [-0.4, -0.2) is 30.1 Å². The molecule has 0 aromatic carbocycles. The Morgan fingerprint density at radius 2 is 2.35 bits per heavy atom. The Kier molecular flexibility index (Phi) is 2.41. The van der Waals surface area contributed by atoms with Crippen molar-refractivity contribution in [1.29, 1.82) is 0 Å². The van der Waals surface area contributed by atoms with E-state index in [0.717, 1.165) is 16.3 Å². The van der Waals surface area contributed by atoms with E-state index in [0.29, 0.717) is 18.0 Å². The molecule has 0 saturated heterocycles. The van der Waals surface area contributed by atoms with Gasteiger partial charge in [0.2, 0.25) is 0 Å². The Labute approximate surface area is 100 Å². The van der Waals surface area contributed by atoms with E-state index in [1.54, 1.807) is 11.8 Å². The van der Waals surface area contributed by atoms with Gasteiger partial charge in [-0.1, -0.05) is 0 Å². The first-order valence-corrected chi connectivity index (χ1v) is 5.87. The van der Waals surface area contributed by atoms with E-state index in [1.165, 1.54) is 11.3 Å². The molecule has 0 radical (unpaired) electrons. The molecule has 3 rings (SSSR count). The summed E-state index contributed by atoms with van der Waals surface area (Å²) in [6.07, 6.45) is 1.61. The molecule has 3 heterocycles. The van der Waals surface area contributed by atoms with Crippen molar-refractivity contribution < 1.29 is 0 Å². The van der Waals surface area contributed by atoms with E-state index < -0.39 is 0 Å². The first-order chi connectivity index (χ1) is 8.33. The number of anilines is 1. The number of nitrogens with zero attached hydrogens (tertiary/aromatic N) is 5. The lowest BCUT2D eigenvalue weighted by Crippen LogP contribution is -2.04. The van der Waals surface area contributed by atoms with Gasteiger partial charge in [-0.15, -0.1) is 21.5 Å². The quantitative estimate of drug-likeness (QED) is 0.720. The molecule has 0 spiro atoms. The number of H-pyrrole nitrogens is 1. The Bertz CT molecular complexity index is 630. The summed E-state index contributed by atoms with van der Waals surface area (Å²) >= 11 is 1.50. The molecule has 17 heavy (non-hydrogen) atoms. The topological polar surface area (TPSA) is 92.3 Å². The van der Waals surface area contributed by atoms with Crippen LogP contribution in [0.4, 0.5) is 5.82 Å². The molecule has 0 amide bonds. The van der Waals surface area contributed by atoms with Crippen molar-refractivity contribution in [2.75, 3.05) is 5.32 Å². The van der Waals surface area contributed by atoms with Crippen LogP contribution in [0.15, 0.2) is 11.8 Å². The minimum absolute atomic E-state index is 0.593. The summed E-state index contributed by atoms with van der Waals surface area (Å²) in [5.41, 5.74) is 3.17. The average Bonchev–Trinajstić information content (AvgIpc) is 2.95. The van der Waals surface area contributed by atoms with E-state index in [4.69, 9.17) is 0 Å². The van der Waals surface area contributed by atoms with Gasteiger partial charge in [0.15, 0.2) is 11.5 Å². The van der Waals surface area contributed by atoms with Crippen LogP contribution in [0.2, 0.25) is 0 Å². The molecule has 0 fully saturated rings. The molecule has 8 heteroatoms. The van der Waals surface area contributed by atoms with Crippen molar-refractivity contribution in [3.05, 3.63) is 22.7 Å². The second-order valence-electron chi connectivity index (χ2n) is 3.41. The molecule has 86 valence electrons. The number of aromatic amines is 1. The van der Waals surface area contributed by atoms with Gasteiger partial charge in [-0.25, -0.2) is 15.0 Å². The van der Waals surface area contributed by atoms with E-state index in [2.05, 4.69) is 35.5 Å². The van der Waals surface area contributed by atoms with Crippen molar-refractivity contribution >= 4 is 28.3 Å². The Hall–Kier alpha value is -2.09. The van der Waals surface area contributed by atoms with Crippen LogP contribution in [0.5, 0.6) is 0 Å². The van der Waals surface area contributed by atoms with Gasteiger partial charge in [0.1, 0.15) is 21.9 Å². The number of rotatable bonds is 3. The zero-order chi connectivity index (χ0) is 11.7. The lowest BCUT2D eigenvalue weighted by atomic mass is 10.4. The molecular formula is C9H9N7S. The van der Waals surface area contributed by atoms with Crippen molar-refractivity contribution in [3.8, 4) is 0 Å². The van der Waals surface area contributed by atoms with Gasteiger partial charge in [0.05, 0.1) is 12.9 Å². The van der Waals surface area contributed by atoms with Gasteiger partial charge in [0.25, 0.3) is 0 Å². The van der Waals surface area contributed by atoms with Crippen LogP contribution in [0.25, 0.3) is 11.2 Å². The molecule has 0 unspecified atom stereocenters. The van der Waals surface area contributed by atoms with Crippen LogP contribution in [0.3, 0.4) is 0 Å². The summed E-state index contributed by atoms with van der Waals surface area (Å²) in [5, 5.41) is 11.9. The lowest BCUT2D eigenvalue weighted by Gasteiger charge is -2.04. The molecule has 0 bridgehead atoms. The van der Waals surface area contributed by atoms with Gasteiger partial charge in [-0.2, -0.15) is 0 Å². The van der Waals surface area contributed by atoms with Crippen LogP contribution >= 0.6 is 11.3 Å². The van der Waals surface area contributed by atoms with E-state index >= 15 is 0 Å². The standard InChI is InChI=1S/C9H9N7S/c1-5-14-8(7-9(15-5)12-3-11-7)10-2-6-16-13-4-17-6/h3-4H,2H2,1H3,(H2,10,11,12,14,15). The molecule has 3 aromatic heterocycles. The van der Waals surface area contributed by atoms with Crippen LogP contribution < -0.4 is 5.32 Å². The summed E-state index contributed by atoms with van der Waals surface area (Å²) in [5.74, 6) is 1.42. The molecule has 0 aliphatic carbocycles. The SMILES string of the molecule is Cc1nc(NCc2nncs2)c2[nH]cnc2n1.